The molecule has 24 heavy (non-hydrogen) atoms. The van der Waals surface area contributed by atoms with Gasteiger partial charge >= 0.3 is 0 Å². The van der Waals surface area contributed by atoms with Crippen LogP contribution in [0.15, 0.2) is 12.4 Å². The molecule has 1 N–H and O–H groups in total. The van der Waals surface area contributed by atoms with Crippen LogP contribution in [0.4, 0.5) is 0 Å². The van der Waals surface area contributed by atoms with Gasteiger partial charge in [0.25, 0.3) is 5.91 Å². The van der Waals surface area contributed by atoms with Crippen LogP contribution in [0, 0.1) is 6.92 Å². The SMILES string of the molecule is Cc1cn(C)nc1CN1CCCC(c2[nH]ncc2C(=O)N(C)C)C1. The Bertz CT molecular complexity index is 716. The van der Waals surface area contributed by atoms with Gasteiger partial charge in [-0.15, -0.1) is 0 Å². The van der Waals surface area contributed by atoms with Crippen molar-refractivity contribution in [2.24, 2.45) is 7.05 Å². The highest BCUT2D eigenvalue weighted by atomic mass is 16.2. The number of hydrogen-bond acceptors (Lipinski definition) is 4. The van der Waals surface area contributed by atoms with Crippen LogP contribution in [0.3, 0.4) is 0 Å². The molecule has 2 aromatic rings. The molecule has 1 aliphatic rings. The first kappa shape index (κ1) is 16.7. The van der Waals surface area contributed by atoms with Gasteiger partial charge in [0.15, 0.2) is 0 Å². The van der Waals surface area contributed by atoms with E-state index in [2.05, 4.69) is 33.3 Å². The lowest BCUT2D eigenvalue weighted by molar-refractivity contribution is 0.0825. The van der Waals surface area contributed by atoms with Crippen LogP contribution in [0.25, 0.3) is 0 Å². The smallest absolute Gasteiger partial charge is 0.256 e. The fraction of sp³-hybridized carbons (Fsp3) is 0.588. The lowest BCUT2D eigenvalue weighted by Crippen LogP contribution is -2.35. The lowest BCUT2D eigenvalue weighted by atomic mass is 9.92. The van der Waals surface area contributed by atoms with E-state index in [4.69, 9.17) is 0 Å². The average molecular weight is 330 g/mol. The monoisotopic (exact) mass is 330 g/mol. The predicted octanol–water partition coefficient (Wildman–Crippen LogP) is 1.53. The summed E-state index contributed by atoms with van der Waals surface area (Å²) in [7, 11) is 5.51. The van der Waals surface area contributed by atoms with Gasteiger partial charge in [-0.1, -0.05) is 0 Å². The number of nitrogens with one attached hydrogen (secondary N) is 1. The summed E-state index contributed by atoms with van der Waals surface area (Å²) in [6.07, 6.45) is 5.90. The standard InChI is InChI=1S/C17H26N6O/c1-12-9-22(4)20-15(12)11-23-7-5-6-13(10-23)16-14(8-18-19-16)17(24)21(2)3/h8-9,13H,5-7,10-11H2,1-4H3,(H,18,19). The number of aromatic amines is 1. The highest BCUT2D eigenvalue weighted by molar-refractivity contribution is 5.94. The summed E-state index contributed by atoms with van der Waals surface area (Å²) in [6.45, 7) is 4.95. The quantitative estimate of drug-likeness (QED) is 0.923. The molecule has 1 unspecified atom stereocenters. The summed E-state index contributed by atoms with van der Waals surface area (Å²) in [5.74, 6) is 0.320. The normalized spacial score (nSPS) is 18.8. The van der Waals surface area contributed by atoms with Gasteiger partial charge in [-0.25, -0.2) is 0 Å². The van der Waals surface area contributed by atoms with Gasteiger partial charge in [-0.3, -0.25) is 19.5 Å². The number of rotatable bonds is 4. The number of carbonyl (C=O) groups excluding carboxylic acids is 1. The molecule has 1 amide bonds. The Morgan fingerprint density at radius 3 is 2.92 bits per heavy atom. The van der Waals surface area contributed by atoms with Crippen molar-refractivity contribution in [3.63, 3.8) is 0 Å². The van der Waals surface area contributed by atoms with E-state index in [1.165, 1.54) is 5.56 Å². The second-order valence-corrected chi connectivity index (χ2v) is 6.90. The minimum atomic E-state index is 0.0106. The highest BCUT2D eigenvalue weighted by Crippen LogP contribution is 2.29. The zero-order valence-electron chi connectivity index (χ0n) is 14.9. The number of hydrogen-bond donors (Lipinski definition) is 1. The maximum atomic E-state index is 12.3. The Labute approximate surface area is 142 Å². The minimum absolute atomic E-state index is 0.0106. The summed E-state index contributed by atoms with van der Waals surface area (Å²) < 4.78 is 1.87. The fourth-order valence-electron chi connectivity index (χ4n) is 3.47. The van der Waals surface area contributed by atoms with Crippen molar-refractivity contribution in [2.75, 3.05) is 27.2 Å². The van der Waals surface area contributed by atoms with Gasteiger partial charge in [0.1, 0.15) is 0 Å². The van der Waals surface area contributed by atoms with Gasteiger partial charge in [0, 0.05) is 46.3 Å². The number of piperidine rings is 1. The van der Waals surface area contributed by atoms with Gasteiger partial charge in [-0.05, 0) is 31.9 Å². The van der Waals surface area contributed by atoms with Gasteiger partial charge in [0.05, 0.1) is 23.1 Å². The first-order valence-electron chi connectivity index (χ1n) is 8.42. The summed E-state index contributed by atoms with van der Waals surface area (Å²) >= 11 is 0. The van der Waals surface area contributed by atoms with Gasteiger partial charge < -0.3 is 4.90 Å². The van der Waals surface area contributed by atoms with Crippen LogP contribution >= 0.6 is 0 Å². The maximum absolute atomic E-state index is 12.3. The number of amides is 1. The molecule has 7 heteroatoms. The van der Waals surface area contributed by atoms with Crippen LogP contribution in [0.5, 0.6) is 0 Å². The van der Waals surface area contributed by atoms with E-state index in [-0.39, 0.29) is 5.91 Å². The van der Waals surface area contributed by atoms with Crippen LogP contribution in [-0.2, 0) is 13.6 Å². The Balaban J connectivity index is 1.73. The number of nitrogens with zero attached hydrogens (tertiary/aromatic N) is 5. The number of carbonyl (C=O) groups is 1. The molecule has 1 aliphatic heterocycles. The first-order valence-corrected chi connectivity index (χ1v) is 8.42. The largest absolute Gasteiger partial charge is 0.345 e. The van der Waals surface area contributed by atoms with Crippen molar-refractivity contribution in [2.45, 2.75) is 32.2 Å². The molecule has 130 valence electrons. The minimum Gasteiger partial charge on any atom is -0.345 e. The third-order valence-electron chi connectivity index (χ3n) is 4.71. The Hall–Kier alpha value is -2.15. The number of H-pyrrole nitrogens is 1. The molecule has 1 atom stereocenters. The van der Waals surface area contributed by atoms with Crippen molar-refractivity contribution in [3.05, 3.63) is 34.9 Å². The lowest BCUT2D eigenvalue weighted by Gasteiger charge is -2.32. The highest BCUT2D eigenvalue weighted by Gasteiger charge is 2.27. The zero-order valence-corrected chi connectivity index (χ0v) is 14.9. The van der Waals surface area contributed by atoms with Crippen molar-refractivity contribution >= 4 is 5.91 Å². The van der Waals surface area contributed by atoms with Crippen LogP contribution in [-0.4, -0.2) is 62.9 Å². The molecule has 2 aromatic heterocycles. The van der Waals surface area contributed by atoms with E-state index >= 15 is 0 Å². The summed E-state index contributed by atoms with van der Waals surface area (Å²) in [4.78, 5) is 16.4. The van der Waals surface area contributed by atoms with Crippen molar-refractivity contribution in [1.82, 2.24) is 29.8 Å². The topological polar surface area (TPSA) is 70.0 Å². The molecule has 3 rings (SSSR count). The van der Waals surface area contributed by atoms with Crippen molar-refractivity contribution in [1.29, 1.82) is 0 Å². The molecule has 0 aliphatic carbocycles. The van der Waals surface area contributed by atoms with E-state index in [1.54, 1.807) is 25.2 Å². The molecular formula is C17H26N6O. The molecule has 7 nitrogen and oxygen atoms in total. The molecule has 3 heterocycles. The number of likely N-dealkylation sites (tertiary alicyclic amines) is 1. The Morgan fingerprint density at radius 2 is 2.25 bits per heavy atom. The molecule has 0 radical (unpaired) electrons. The van der Waals surface area contributed by atoms with Crippen molar-refractivity contribution in [3.8, 4) is 0 Å². The van der Waals surface area contributed by atoms with Crippen molar-refractivity contribution < 1.29 is 4.79 Å². The van der Waals surface area contributed by atoms with Gasteiger partial charge in [-0.2, -0.15) is 10.2 Å². The molecule has 0 saturated carbocycles. The number of aromatic nitrogens is 4. The predicted molar refractivity (Wildman–Crippen MR) is 91.8 cm³/mol. The molecule has 0 aromatic carbocycles. The van der Waals surface area contributed by atoms with E-state index in [9.17, 15) is 4.79 Å². The molecule has 1 saturated heterocycles. The molecular weight excluding hydrogens is 304 g/mol. The molecule has 1 fully saturated rings. The van der Waals surface area contributed by atoms with E-state index in [1.807, 2.05) is 11.7 Å². The summed E-state index contributed by atoms with van der Waals surface area (Å²) in [6, 6.07) is 0. The fourth-order valence-corrected chi connectivity index (χ4v) is 3.47. The molecule has 0 spiro atoms. The third-order valence-corrected chi connectivity index (χ3v) is 4.71. The van der Waals surface area contributed by atoms with E-state index in [0.717, 1.165) is 43.9 Å². The summed E-state index contributed by atoms with van der Waals surface area (Å²) in [5, 5.41) is 11.7. The van der Waals surface area contributed by atoms with Crippen LogP contribution < -0.4 is 0 Å². The summed E-state index contributed by atoms with van der Waals surface area (Å²) in [5.41, 5.74) is 4.02. The first-order chi connectivity index (χ1) is 11.5. The Kier molecular flexibility index (Phi) is 4.71. The molecule has 0 bridgehead atoms. The Morgan fingerprint density at radius 1 is 1.46 bits per heavy atom. The average Bonchev–Trinajstić information content (AvgIpc) is 3.13. The zero-order chi connectivity index (χ0) is 17.3. The van der Waals surface area contributed by atoms with Crippen LogP contribution in [0.1, 0.15) is 46.1 Å². The second-order valence-electron chi connectivity index (χ2n) is 6.90. The van der Waals surface area contributed by atoms with Crippen LogP contribution in [0.2, 0.25) is 0 Å². The van der Waals surface area contributed by atoms with Gasteiger partial charge in [0.2, 0.25) is 0 Å². The second kappa shape index (κ2) is 6.76. The maximum Gasteiger partial charge on any atom is 0.256 e. The third kappa shape index (κ3) is 3.36. The van der Waals surface area contributed by atoms with E-state index < -0.39 is 0 Å². The van der Waals surface area contributed by atoms with E-state index in [0.29, 0.717) is 11.5 Å². The number of aryl methyl sites for hydroxylation is 2.